The van der Waals surface area contributed by atoms with Crippen molar-refractivity contribution in [2.75, 3.05) is 23.7 Å². The Bertz CT molecular complexity index is 1020. The van der Waals surface area contributed by atoms with Crippen LogP contribution in [-0.4, -0.2) is 49.8 Å². The summed E-state index contributed by atoms with van der Waals surface area (Å²) in [4.78, 5) is 22.1. The predicted octanol–water partition coefficient (Wildman–Crippen LogP) is 2.20. The smallest absolute Gasteiger partial charge is 0.224 e. The molecule has 1 saturated heterocycles. The molecule has 1 aliphatic heterocycles. The molecular formula is C20H24N6O2. The quantitative estimate of drug-likeness (QED) is 0.668. The number of piperidine rings is 1. The van der Waals surface area contributed by atoms with E-state index in [4.69, 9.17) is 5.73 Å². The molecule has 0 amide bonds. The highest BCUT2D eigenvalue weighted by Crippen LogP contribution is 2.33. The van der Waals surface area contributed by atoms with Crippen LogP contribution < -0.4 is 10.6 Å². The van der Waals surface area contributed by atoms with Crippen LogP contribution in [0.25, 0.3) is 16.7 Å². The maximum Gasteiger partial charge on any atom is 0.224 e. The van der Waals surface area contributed by atoms with Gasteiger partial charge in [0.1, 0.15) is 12.1 Å². The number of nitrogen functional groups attached to an aromatic ring is 1. The number of hydrogen-bond acceptors (Lipinski definition) is 7. The zero-order chi connectivity index (χ0) is 19.9. The molecular weight excluding hydrogens is 356 g/mol. The Hall–Kier alpha value is -3.00. The molecule has 146 valence electrons. The van der Waals surface area contributed by atoms with E-state index in [0.29, 0.717) is 11.2 Å². The molecule has 3 aromatic rings. The Labute approximate surface area is 163 Å². The molecule has 2 aromatic heterocycles. The van der Waals surface area contributed by atoms with Gasteiger partial charge in [0, 0.05) is 18.7 Å². The number of benzene rings is 1. The van der Waals surface area contributed by atoms with Gasteiger partial charge in [0.15, 0.2) is 5.65 Å². The fraction of sp³-hybridized carbons (Fsp3) is 0.400. The van der Waals surface area contributed by atoms with Gasteiger partial charge in [0.2, 0.25) is 5.95 Å². The Morgan fingerprint density at radius 3 is 2.68 bits per heavy atom. The van der Waals surface area contributed by atoms with Crippen molar-refractivity contribution in [1.29, 1.82) is 0 Å². The number of rotatable bonds is 4. The molecule has 8 heteroatoms. The zero-order valence-corrected chi connectivity index (χ0v) is 16.0. The molecule has 1 fully saturated rings. The van der Waals surface area contributed by atoms with E-state index >= 15 is 0 Å². The molecule has 3 N–H and O–H groups in total. The third kappa shape index (κ3) is 3.31. The summed E-state index contributed by atoms with van der Waals surface area (Å²) in [5.74, 6) is 1.20. The van der Waals surface area contributed by atoms with Crippen molar-refractivity contribution in [3.63, 3.8) is 0 Å². The van der Waals surface area contributed by atoms with E-state index in [1.807, 2.05) is 19.9 Å². The summed E-state index contributed by atoms with van der Waals surface area (Å²) in [6.45, 7) is 5.30. The lowest BCUT2D eigenvalue weighted by Crippen LogP contribution is -2.42. The van der Waals surface area contributed by atoms with Crippen LogP contribution in [0.15, 0.2) is 30.5 Å². The van der Waals surface area contributed by atoms with Crippen molar-refractivity contribution >= 4 is 29.1 Å². The van der Waals surface area contributed by atoms with Crippen LogP contribution >= 0.6 is 0 Å². The first-order valence-corrected chi connectivity index (χ1v) is 9.41. The molecule has 0 aliphatic carbocycles. The van der Waals surface area contributed by atoms with E-state index in [9.17, 15) is 9.90 Å². The molecule has 1 aliphatic rings. The van der Waals surface area contributed by atoms with E-state index in [-0.39, 0.29) is 11.9 Å². The van der Waals surface area contributed by atoms with Crippen LogP contribution in [-0.2, 0) is 0 Å². The van der Waals surface area contributed by atoms with Gasteiger partial charge in [-0.3, -0.25) is 4.79 Å². The minimum absolute atomic E-state index is 0.181. The molecule has 0 saturated carbocycles. The highest BCUT2D eigenvalue weighted by Gasteiger charge is 2.31. The van der Waals surface area contributed by atoms with Gasteiger partial charge in [0.05, 0.1) is 22.9 Å². The summed E-state index contributed by atoms with van der Waals surface area (Å²) in [5.41, 5.74) is 7.24. The topological polar surface area (TPSA) is 110 Å². The highest BCUT2D eigenvalue weighted by atomic mass is 16.3. The van der Waals surface area contributed by atoms with Crippen LogP contribution in [0.2, 0.25) is 0 Å². The Kier molecular flexibility index (Phi) is 4.50. The first-order chi connectivity index (χ1) is 13.4. The van der Waals surface area contributed by atoms with Crippen molar-refractivity contribution in [3.05, 3.63) is 36.0 Å². The number of aliphatic hydroxyl groups is 1. The van der Waals surface area contributed by atoms with Crippen molar-refractivity contribution in [3.8, 4) is 5.69 Å². The van der Waals surface area contributed by atoms with Gasteiger partial charge in [0.25, 0.3) is 0 Å². The van der Waals surface area contributed by atoms with E-state index in [1.54, 1.807) is 29.1 Å². The molecule has 4 rings (SSSR count). The lowest BCUT2D eigenvalue weighted by molar-refractivity contribution is 0.00648. The average Bonchev–Trinajstić information content (AvgIpc) is 3.10. The Morgan fingerprint density at radius 1 is 1.25 bits per heavy atom. The van der Waals surface area contributed by atoms with Crippen LogP contribution in [0.1, 0.15) is 37.0 Å². The number of aromatic nitrogens is 4. The molecule has 3 heterocycles. The number of carbonyl (C=O) groups is 1. The number of nitrogens with zero attached hydrogens (tertiary/aromatic N) is 5. The second kappa shape index (κ2) is 6.87. The SMILES string of the molecule is CC(C)(O)C1CCN(c2nc(N)nc3c2cnn3-c2cccc(C=O)c2)CC1. The molecule has 8 nitrogen and oxygen atoms in total. The predicted molar refractivity (Wildman–Crippen MR) is 108 cm³/mol. The van der Waals surface area contributed by atoms with E-state index in [2.05, 4.69) is 20.0 Å². The average molecular weight is 380 g/mol. The van der Waals surface area contributed by atoms with Crippen LogP contribution in [0.5, 0.6) is 0 Å². The molecule has 0 spiro atoms. The van der Waals surface area contributed by atoms with Gasteiger partial charge in [-0.15, -0.1) is 0 Å². The van der Waals surface area contributed by atoms with Gasteiger partial charge in [-0.05, 0) is 44.7 Å². The Balaban J connectivity index is 1.71. The maximum atomic E-state index is 11.1. The first kappa shape index (κ1) is 18.4. The number of carbonyl (C=O) groups excluding carboxylic acids is 1. The largest absolute Gasteiger partial charge is 0.390 e. The normalized spacial score (nSPS) is 15.9. The molecule has 1 aromatic carbocycles. The van der Waals surface area contributed by atoms with Gasteiger partial charge in [-0.1, -0.05) is 12.1 Å². The number of hydrogen-bond donors (Lipinski definition) is 2. The van der Waals surface area contributed by atoms with Crippen molar-refractivity contribution in [2.45, 2.75) is 32.3 Å². The van der Waals surface area contributed by atoms with E-state index < -0.39 is 5.60 Å². The molecule has 0 atom stereocenters. The van der Waals surface area contributed by atoms with Gasteiger partial charge in [-0.2, -0.15) is 15.1 Å². The third-order valence-corrected chi connectivity index (χ3v) is 5.47. The molecule has 0 unspecified atom stereocenters. The second-order valence-corrected chi connectivity index (χ2v) is 7.83. The number of nitrogens with two attached hydrogens (primary N) is 1. The van der Waals surface area contributed by atoms with Crippen molar-refractivity contribution < 1.29 is 9.90 Å². The maximum absolute atomic E-state index is 11.1. The van der Waals surface area contributed by atoms with E-state index in [0.717, 1.165) is 49.1 Å². The molecule has 0 bridgehead atoms. The highest BCUT2D eigenvalue weighted by molar-refractivity contribution is 5.89. The second-order valence-electron chi connectivity index (χ2n) is 7.83. The number of anilines is 2. The lowest BCUT2D eigenvalue weighted by Gasteiger charge is -2.38. The van der Waals surface area contributed by atoms with Gasteiger partial charge < -0.3 is 15.7 Å². The first-order valence-electron chi connectivity index (χ1n) is 9.41. The molecule has 28 heavy (non-hydrogen) atoms. The fourth-order valence-electron chi connectivity index (χ4n) is 3.87. The summed E-state index contributed by atoms with van der Waals surface area (Å²) in [5, 5.41) is 15.6. The van der Waals surface area contributed by atoms with E-state index in [1.165, 1.54) is 0 Å². The number of aldehydes is 1. The summed E-state index contributed by atoms with van der Waals surface area (Å²) in [7, 11) is 0. The van der Waals surface area contributed by atoms with Gasteiger partial charge in [-0.25, -0.2) is 4.68 Å². The summed E-state index contributed by atoms with van der Waals surface area (Å²) in [6, 6.07) is 7.17. The van der Waals surface area contributed by atoms with Crippen LogP contribution in [0, 0.1) is 5.92 Å². The molecule has 0 radical (unpaired) electrons. The summed E-state index contributed by atoms with van der Waals surface area (Å²) < 4.78 is 1.67. The Morgan fingerprint density at radius 2 is 2.00 bits per heavy atom. The third-order valence-electron chi connectivity index (χ3n) is 5.47. The fourth-order valence-corrected chi connectivity index (χ4v) is 3.87. The zero-order valence-electron chi connectivity index (χ0n) is 16.0. The van der Waals surface area contributed by atoms with Crippen molar-refractivity contribution in [2.24, 2.45) is 5.92 Å². The minimum atomic E-state index is -0.680. The minimum Gasteiger partial charge on any atom is -0.390 e. The summed E-state index contributed by atoms with van der Waals surface area (Å²) in [6.07, 6.45) is 4.30. The van der Waals surface area contributed by atoms with Gasteiger partial charge >= 0.3 is 0 Å². The number of fused-ring (bicyclic) bond motifs is 1. The van der Waals surface area contributed by atoms with Crippen LogP contribution in [0.4, 0.5) is 11.8 Å². The van der Waals surface area contributed by atoms with Crippen molar-refractivity contribution in [1.82, 2.24) is 19.7 Å². The standard InChI is InChI=1S/C20H24N6O2/c1-20(2,28)14-6-8-25(9-7-14)17-16-11-22-26(18(16)24-19(21)23-17)15-5-3-4-13(10-15)12-27/h3-5,10-12,14,28H,6-9H2,1-2H3,(H2,21,23,24). The monoisotopic (exact) mass is 380 g/mol. The summed E-state index contributed by atoms with van der Waals surface area (Å²) >= 11 is 0. The van der Waals surface area contributed by atoms with Crippen LogP contribution in [0.3, 0.4) is 0 Å². The lowest BCUT2D eigenvalue weighted by atomic mass is 9.83.